The van der Waals surface area contributed by atoms with E-state index in [-0.39, 0.29) is 47.6 Å². The third-order valence-electron chi connectivity index (χ3n) is 11.1. The van der Waals surface area contributed by atoms with Crippen LogP contribution >= 0.6 is 0 Å². The first-order chi connectivity index (χ1) is 23.8. The van der Waals surface area contributed by atoms with Crippen molar-refractivity contribution in [3.63, 3.8) is 0 Å². The lowest BCUT2D eigenvalue weighted by molar-refractivity contribution is -0.144. The molecule has 0 spiro atoms. The van der Waals surface area contributed by atoms with Gasteiger partial charge in [0.2, 0.25) is 0 Å². The van der Waals surface area contributed by atoms with Crippen molar-refractivity contribution < 1.29 is 29.3 Å². The highest BCUT2D eigenvalue weighted by molar-refractivity contribution is 5.96. The van der Waals surface area contributed by atoms with E-state index in [1.54, 1.807) is 6.92 Å². The molecule has 0 saturated carbocycles. The number of aliphatic hydroxyl groups is 2. The average Bonchev–Trinajstić information content (AvgIpc) is 3.80. The fourth-order valence-corrected chi connectivity index (χ4v) is 8.12. The number of aromatic nitrogens is 4. The van der Waals surface area contributed by atoms with Gasteiger partial charge in [0.15, 0.2) is 0 Å². The summed E-state index contributed by atoms with van der Waals surface area (Å²) in [5.41, 5.74) is 8.47. The molecule has 10 nitrogen and oxygen atoms in total. The Morgan fingerprint density at radius 3 is 2.24 bits per heavy atom. The molecule has 10 heteroatoms. The van der Waals surface area contributed by atoms with Crippen molar-refractivity contribution >= 4 is 45.5 Å². The van der Waals surface area contributed by atoms with Crippen LogP contribution in [0.2, 0.25) is 0 Å². The van der Waals surface area contributed by atoms with E-state index in [1.165, 1.54) is 7.11 Å². The summed E-state index contributed by atoms with van der Waals surface area (Å²) in [7, 11) is 1.32. The van der Waals surface area contributed by atoms with E-state index < -0.39 is 11.9 Å². The van der Waals surface area contributed by atoms with Gasteiger partial charge < -0.3 is 29.7 Å². The number of hydrogen-bond donors (Lipinski definition) is 4. The Bertz CT molecular complexity index is 2160. The Morgan fingerprint density at radius 1 is 0.940 bits per heavy atom. The highest BCUT2D eigenvalue weighted by atomic mass is 16.5. The van der Waals surface area contributed by atoms with Crippen LogP contribution in [0.5, 0.6) is 0 Å². The number of carbonyl (C=O) groups excluding carboxylic acids is 2. The quantitative estimate of drug-likeness (QED) is 0.184. The summed E-state index contributed by atoms with van der Waals surface area (Å²) in [5.74, 6) is -1.51. The van der Waals surface area contributed by atoms with Crippen LogP contribution in [0.3, 0.4) is 0 Å². The van der Waals surface area contributed by atoms with Crippen molar-refractivity contribution in [1.29, 1.82) is 0 Å². The minimum absolute atomic E-state index is 0.0752. The van der Waals surface area contributed by atoms with Crippen LogP contribution in [0.4, 0.5) is 0 Å². The number of hydrogen-bond acceptors (Lipinski definition) is 8. The molecule has 0 radical (unpaired) electrons. The highest BCUT2D eigenvalue weighted by Crippen LogP contribution is 2.46. The molecule has 3 aromatic heterocycles. The maximum Gasteiger partial charge on any atom is 0.321 e. The number of fused-ring (bicyclic) bond motifs is 8. The van der Waals surface area contributed by atoms with Gasteiger partial charge in [0.1, 0.15) is 11.7 Å². The maximum absolute atomic E-state index is 13.5. The number of nitrogens with zero attached hydrogens (tertiary/aromatic N) is 2. The molecule has 5 heterocycles. The van der Waals surface area contributed by atoms with Crippen molar-refractivity contribution in [3.05, 3.63) is 68.1 Å². The number of rotatable bonds is 8. The van der Waals surface area contributed by atoms with Crippen LogP contribution in [-0.2, 0) is 19.1 Å². The number of methoxy groups -OCH3 is 1. The zero-order valence-corrected chi connectivity index (χ0v) is 30.7. The van der Waals surface area contributed by atoms with Gasteiger partial charge in [0, 0.05) is 74.2 Å². The molecule has 266 valence electrons. The molecule has 0 unspecified atom stereocenters. The van der Waals surface area contributed by atoms with Gasteiger partial charge in [-0.05, 0) is 75.3 Å². The van der Waals surface area contributed by atoms with Crippen LogP contribution in [0, 0.1) is 19.8 Å². The smallest absolute Gasteiger partial charge is 0.321 e. The molecule has 3 aromatic rings. The van der Waals surface area contributed by atoms with Gasteiger partial charge >= 0.3 is 11.9 Å². The largest absolute Gasteiger partial charge is 0.512 e. The summed E-state index contributed by atoms with van der Waals surface area (Å²) in [5, 5.41) is 23.9. The second-order valence-corrected chi connectivity index (χ2v) is 14.7. The van der Waals surface area contributed by atoms with Gasteiger partial charge in [-0.1, -0.05) is 34.6 Å². The molecule has 0 fully saturated rings. The number of carbonyl (C=O) groups is 2. The Morgan fingerprint density at radius 2 is 1.58 bits per heavy atom. The molecule has 4 N–H and O–H groups in total. The molecule has 5 atom stereocenters. The van der Waals surface area contributed by atoms with Crippen LogP contribution in [0.15, 0.2) is 18.2 Å². The molecule has 0 aromatic carbocycles. The van der Waals surface area contributed by atoms with Gasteiger partial charge in [-0.3, -0.25) is 19.6 Å². The molecule has 1 aliphatic carbocycles. The Kier molecular flexibility index (Phi) is 9.59. The summed E-state index contributed by atoms with van der Waals surface area (Å²) in [4.78, 5) is 43.9. The van der Waals surface area contributed by atoms with Crippen LogP contribution in [0.25, 0.3) is 33.6 Å². The SMILES string of the molecule is CC[C@H]1c2cc3[nH]c4c(c5nc(cc6[nH]c(cc(n2)[C@@H]1C)/c(=C(/C)O)c6C)[C@@H](C)[C@@H]5CCC(=O)OCCC(C)C)[C@@H](C(=O)OC)C(O)=c4c3C. The van der Waals surface area contributed by atoms with Crippen molar-refractivity contribution in [2.45, 2.75) is 111 Å². The number of ether oxygens (including phenoxy) is 2. The second-order valence-electron chi connectivity index (χ2n) is 14.7. The van der Waals surface area contributed by atoms with Gasteiger partial charge in [0.25, 0.3) is 0 Å². The van der Waals surface area contributed by atoms with E-state index in [9.17, 15) is 19.8 Å². The van der Waals surface area contributed by atoms with E-state index in [2.05, 4.69) is 44.6 Å². The van der Waals surface area contributed by atoms with Crippen molar-refractivity contribution in [3.8, 4) is 0 Å². The summed E-state index contributed by atoms with van der Waals surface area (Å²) < 4.78 is 10.8. The van der Waals surface area contributed by atoms with Crippen LogP contribution in [-0.4, -0.2) is 55.8 Å². The van der Waals surface area contributed by atoms with E-state index in [4.69, 9.17) is 19.4 Å². The lowest BCUT2D eigenvalue weighted by Crippen LogP contribution is -2.18. The van der Waals surface area contributed by atoms with E-state index in [0.717, 1.165) is 62.8 Å². The van der Waals surface area contributed by atoms with E-state index in [1.807, 2.05) is 32.0 Å². The molecule has 50 heavy (non-hydrogen) atoms. The second kappa shape index (κ2) is 13.6. The maximum atomic E-state index is 13.5. The molecular weight excluding hydrogens is 632 g/mol. The molecule has 6 rings (SSSR count). The molecule has 2 aliphatic heterocycles. The van der Waals surface area contributed by atoms with E-state index >= 15 is 0 Å². The van der Waals surface area contributed by atoms with Crippen LogP contribution < -0.4 is 10.4 Å². The first-order valence-electron chi connectivity index (χ1n) is 17.9. The predicted molar refractivity (Wildman–Crippen MR) is 194 cm³/mol. The summed E-state index contributed by atoms with van der Waals surface area (Å²) in [6, 6.07) is 6.08. The number of aryl methyl sites for hydroxylation is 2. The number of aliphatic hydroxyl groups excluding tert-OH is 2. The monoisotopic (exact) mass is 682 g/mol. The van der Waals surface area contributed by atoms with Crippen molar-refractivity contribution in [1.82, 2.24) is 19.9 Å². The summed E-state index contributed by atoms with van der Waals surface area (Å²) in [6.45, 7) is 16.5. The number of nitrogens with one attached hydrogen (secondary N) is 2. The molecule has 0 amide bonds. The first kappa shape index (κ1) is 35.2. The zero-order valence-electron chi connectivity index (χ0n) is 30.7. The van der Waals surface area contributed by atoms with Crippen molar-refractivity contribution in [2.24, 2.45) is 5.92 Å². The van der Waals surface area contributed by atoms with Crippen molar-refractivity contribution in [2.75, 3.05) is 13.7 Å². The Hall–Kier alpha value is -4.60. The molecule has 3 aliphatic rings. The standard InChI is InChI=1S/C40H50N4O6/c1-10-24-19(4)26-17-31-33(23(8)45)21(6)28(42-31)15-27-20(5)25(11-12-32(46)50-14-13-18(2)3)37(43-27)35-36(40(48)49-9)39(47)34-22(7)29(44-38(34)35)16-30(24)41-26/h15-20,24-25,36,42,44-45,47H,10-14H2,1-9H3/b27-15?,30-16?,31-17?,33-23-/t19-,20+,24-,25+,36-/m1/s1. The lowest BCUT2D eigenvalue weighted by atomic mass is 9.84. The van der Waals surface area contributed by atoms with Gasteiger partial charge in [-0.25, -0.2) is 0 Å². The molecule has 0 saturated heterocycles. The number of esters is 2. The fourth-order valence-electron chi connectivity index (χ4n) is 8.12. The zero-order chi connectivity index (χ0) is 36.2. The van der Waals surface area contributed by atoms with Gasteiger partial charge in [-0.15, -0.1) is 0 Å². The normalized spacial score (nSPS) is 21.9. The lowest BCUT2D eigenvalue weighted by Gasteiger charge is -2.19. The Balaban J connectivity index is 1.69. The van der Waals surface area contributed by atoms with E-state index in [0.29, 0.717) is 40.9 Å². The fraction of sp³-hybridized carbons (Fsp3) is 0.500. The average molecular weight is 683 g/mol. The summed E-state index contributed by atoms with van der Waals surface area (Å²) in [6.07, 6.45) is 2.28. The minimum Gasteiger partial charge on any atom is -0.512 e. The number of H-pyrrole nitrogens is 2. The highest BCUT2D eigenvalue weighted by Gasteiger charge is 2.41. The molecule has 8 bridgehead atoms. The third-order valence-corrected chi connectivity index (χ3v) is 11.1. The summed E-state index contributed by atoms with van der Waals surface area (Å²) >= 11 is 0. The van der Waals surface area contributed by atoms with Gasteiger partial charge in [-0.2, -0.15) is 0 Å². The predicted octanol–water partition coefficient (Wildman–Crippen LogP) is 7.11. The molecular formula is C40H50N4O6. The minimum atomic E-state index is -1.07. The topological polar surface area (TPSA) is 150 Å². The first-order valence-corrected chi connectivity index (χ1v) is 17.9. The third kappa shape index (κ3) is 5.96. The van der Waals surface area contributed by atoms with Crippen LogP contribution in [0.1, 0.15) is 136 Å². The number of aromatic amines is 2. The van der Waals surface area contributed by atoms with Gasteiger partial charge in [0.05, 0.1) is 36.2 Å². The Labute approximate surface area is 292 Å².